The van der Waals surface area contributed by atoms with E-state index in [-0.39, 0.29) is 11.6 Å². The van der Waals surface area contributed by atoms with Crippen LogP contribution >= 0.6 is 11.8 Å². The Labute approximate surface area is 161 Å². The Morgan fingerprint density at radius 1 is 1.33 bits per heavy atom. The molecular weight excluding hydrogens is 360 g/mol. The number of aryl methyl sites for hydroxylation is 2. The lowest BCUT2D eigenvalue weighted by molar-refractivity contribution is 0.480. The fourth-order valence-corrected chi connectivity index (χ4v) is 5.11. The van der Waals surface area contributed by atoms with Crippen molar-refractivity contribution < 1.29 is 0 Å². The lowest BCUT2D eigenvalue weighted by Gasteiger charge is -2.26. The van der Waals surface area contributed by atoms with Crippen LogP contribution in [0.2, 0.25) is 0 Å². The highest BCUT2D eigenvalue weighted by atomic mass is 32.2. The fourth-order valence-electron chi connectivity index (χ4n) is 4.16. The van der Waals surface area contributed by atoms with E-state index < -0.39 is 0 Å². The fraction of sp³-hybridized carbons (Fsp3) is 0.474. The molecule has 1 saturated heterocycles. The summed E-state index contributed by atoms with van der Waals surface area (Å²) in [5.74, 6) is 2.91. The van der Waals surface area contributed by atoms with Crippen molar-refractivity contribution in [2.75, 3.05) is 17.2 Å². The number of hydrogen-bond acceptors (Lipinski definition) is 6. The second-order valence-electron chi connectivity index (χ2n) is 7.34. The Morgan fingerprint density at radius 2 is 2.26 bits per heavy atom. The Bertz CT molecular complexity index is 1060. The second-order valence-corrected chi connectivity index (χ2v) is 8.44. The van der Waals surface area contributed by atoms with Gasteiger partial charge < -0.3 is 9.88 Å². The van der Waals surface area contributed by atoms with Crippen LogP contribution in [0.15, 0.2) is 23.3 Å². The van der Waals surface area contributed by atoms with E-state index in [1.807, 2.05) is 24.8 Å². The minimum Gasteiger partial charge on any atom is -0.354 e. The van der Waals surface area contributed by atoms with Crippen molar-refractivity contribution in [3.05, 3.63) is 45.8 Å². The lowest BCUT2D eigenvalue weighted by atomic mass is 10.2. The molecule has 0 radical (unpaired) electrons. The van der Waals surface area contributed by atoms with Gasteiger partial charge in [-0.2, -0.15) is 16.9 Å². The van der Waals surface area contributed by atoms with Gasteiger partial charge in [-0.3, -0.25) is 4.79 Å². The summed E-state index contributed by atoms with van der Waals surface area (Å²) in [4.78, 5) is 27.2. The summed E-state index contributed by atoms with van der Waals surface area (Å²) in [6.07, 6.45) is 4.70. The number of H-pyrrole nitrogens is 1. The maximum Gasteiger partial charge on any atom is 0.267 e. The first-order chi connectivity index (χ1) is 13.2. The molecule has 0 aliphatic carbocycles. The van der Waals surface area contributed by atoms with Crippen molar-refractivity contribution in [2.24, 2.45) is 0 Å². The maximum absolute atomic E-state index is 12.6. The van der Waals surface area contributed by atoms with Crippen LogP contribution in [-0.4, -0.2) is 43.1 Å². The van der Waals surface area contributed by atoms with Crippen molar-refractivity contribution >= 4 is 28.6 Å². The molecule has 2 aliphatic heterocycles. The van der Waals surface area contributed by atoms with Crippen molar-refractivity contribution in [1.82, 2.24) is 24.7 Å². The van der Waals surface area contributed by atoms with Gasteiger partial charge in [0.25, 0.3) is 5.56 Å². The largest absolute Gasteiger partial charge is 0.354 e. The van der Waals surface area contributed by atoms with E-state index in [1.165, 1.54) is 0 Å². The van der Waals surface area contributed by atoms with E-state index in [1.54, 1.807) is 17.1 Å². The van der Waals surface area contributed by atoms with Crippen molar-refractivity contribution in [1.29, 1.82) is 0 Å². The molecule has 3 aromatic heterocycles. The molecule has 2 aliphatic rings. The van der Waals surface area contributed by atoms with Gasteiger partial charge in [-0.25, -0.2) is 14.6 Å². The van der Waals surface area contributed by atoms with Gasteiger partial charge in [0, 0.05) is 30.5 Å². The summed E-state index contributed by atoms with van der Waals surface area (Å²) in [5.41, 5.74) is 5.19. The number of aromatic nitrogens is 5. The van der Waals surface area contributed by atoms with Gasteiger partial charge in [-0.05, 0) is 37.1 Å². The van der Waals surface area contributed by atoms with E-state index in [4.69, 9.17) is 5.10 Å². The zero-order valence-electron chi connectivity index (χ0n) is 15.3. The predicted octanol–water partition coefficient (Wildman–Crippen LogP) is 2.28. The number of thioether (sulfide) groups is 1. The molecule has 1 N–H and O–H groups in total. The van der Waals surface area contributed by atoms with Crippen LogP contribution in [0.5, 0.6) is 0 Å². The monoisotopic (exact) mass is 382 g/mol. The summed E-state index contributed by atoms with van der Waals surface area (Å²) >= 11 is 1.87. The van der Waals surface area contributed by atoms with E-state index in [0.717, 1.165) is 71.1 Å². The molecule has 1 unspecified atom stereocenters. The van der Waals surface area contributed by atoms with E-state index in [0.29, 0.717) is 6.54 Å². The number of anilines is 1. The first-order valence-electron chi connectivity index (χ1n) is 9.43. The Balaban J connectivity index is 1.47. The maximum atomic E-state index is 12.6. The number of rotatable bonds is 3. The summed E-state index contributed by atoms with van der Waals surface area (Å²) in [5, 5.41) is 4.69. The average Bonchev–Trinajstić information content (AvgIpc) is 3.27. The van der Waals surface area contributed by atoms with Gasteiger partial charge in [-0.15, -0.1) is 0 Å². The summed E-state index contributed by atoms with van der Waals surface area (Å²) < 4.78 is 1.66. The van der Waals surface area contributed by atoms with E-state index in [9.17, 15) is 4.79 Å². The first kappa shape index (κ1) is 16.8. The van der Waals surface area contributed by atoms with Crippen molar-refractivity contribution in [3.8, 4) is 0 Å². The summed E-state index contributed by atoms with van der Waals surface area (Å²) in [7, 11) is 0. The number of hydrogen-bond donors (Lipinski definition) is 1. The molecule has 8 heteroatoms. The molecule has 0 bridgehead atoms. The van der Waals surface area contributed by atoms with Gasteiger partial charge in [0.15, 0.2) is 5.82 Å². The number of aromatic amines is 1. The minimum absolute atomic E-state index is 0.00616. The predicted molar refractivity (Wildman–Crippen MR) is 107 cm³/mol. The third-order valence-corrected chi connectivity index (χ3v) is 6.48. The van der Waals surface area contributed by atoms with Gasteiger partial charge in [0.05, 0.1) is 23.8 Å². The van der Waals surface area contributed by atoms with Gasteiger partial charge in [0.1, 0.15) is 11.8 Å². The third-order valence-electron chi connectivity index (χ3n) is 5.47. The highest BCUT2D eigenvalue weighted by Gasteiger charge is 2.29. The molecule has 27 heavy (non-hydrogen) atoms. The molecule has 0 spiro atoms. The van der Waals surface area contributed by atoms with Crippen LogP contribution in [0.4, 0.5) is 5.82 Å². The molecule has 1 atom stereocenters. The van der Waals surface area contributed by atoms with Crippen LogP contribution in [-0.2, 0) is 18.7 Å². The minimum atomic E-state index is 0.00616. The topological polar surface area (TPSA) is 79.7 Å². The molecule has 5 rings (SSSR count). The summed E-state index contributed by atoms with van der Waals surface area (Å²) in [6, 6.07) is 4.04. The van der Waals surface area contributed by atoms with Crippen molar-refractivity contribution in [2.45, 2.75) is 44.5 Å². The van der Waals surface area contributed by atoms with Gasteiger partial charge in [-0.1, -0.05) is 0 Å². The Morgan fingerprint density at radius 3 is 3.19 bits per heavy atom. The SMILES string of the molecule is Cc1cc2ncnc(N3CCCC3Cn3nc4c(cc3=O)CSCC4)c2[nH]1. The Kier molecular flexibility index (Phi) is 4.15. The first-order valence-corrected chi connectivity index (χ1v) is 10.6. The second kappa shape index (κ2) is 6.67. The third kappa shape index (κ3) is 3.01. The molecule has 0 amide bonds. The molecule has 0 aromatic carbocycles. The van der Waals surface area contributed by atoms with Gasteiger partial charge in [0.2, 0.25) is 0 Å². The highest BCUT2D eigenvalue weighted by Crippen LogP contribution is 2.30. The van der Waals surface area contributed by atoms with Crippen molar-refractivity contribution in [3.63, 3.8) is 0 Å². The van der Waals surface area contributed by atoms with E-state index >= 15 is 0 Å². The van der Waals surface area contributed by atoms with Crippen LogP contribution in [0.3, 0.4) is 0 Å². The average molecular weight is 382 g/mol. The normalized spacial score (nSPS) is 19.6. The Hall–Kier alpha value is -2.35. The number of fused-ring (bicyclic) bond motifs is 2. The molecular formula is C19H22N6OS. The smallest absolute Gasteiger partial charge is 0.267 e. The quantitative estimate of drug-likeness (QED) is 0.749. The standard InChI is InChI=1S/C19H22N6OS/c1-12-7-16-18(22-12)19(21-11-20-16)24-5-2-3-14(24)9-25-17(26)8-13-10-27-6-4-15(13)23-25/h7-8,11,14,22H,2-6,9-10H2,1H3. The zero-order chi connectivity index (χ0) is 18.4. The van der Waals surface area contributed by atoms with E-state index in [2.05, 4.69) is 19.9 Å². The van der Waals surface area contributed by atoms with Gasteiger partial charge >= 0.3 is 0 Å². The van der Waals surface area contributed by atoms with Crippen LogP contribution in [0, 0.1) is 6.92 Å². The molecule has 7 nitrogen and oxygen atoms in total. The summed E-state index contributed by atoms with van der Waals surface area (Å²) in [6.45, 7) is 3.57. The lowest BCUT2D eigenvalue weighted by Crippen LogP contribution is -2.38. The number of nitrogens with zero attached hydrogens (tertiary/aromatic N) is 5. The molecule has 1 fully saturated rings. The van der Waals surface area contributed by atoms with Crippen LogP contribution in [0.1, 0.15) is 29.8 Å². The zero-order valence-corrected chi connectivity index (χ0v) is 16.1. The van der Waals surface area contributed by atoms with Crippen LogP contribution in [0.25, 0.3) is 11.0 Å². The molecule has 5 heterocycles. The molecule has 0 saturated carbocycles. The number of nitrogens with one attached hydrogen (secondary N) is 1. The molecule has 140 valence electrons. The molecule has 3 aromatic rings. The van der Waals surface area contributed by atoms with Crippen LogP contribution < -0.4 is 10.5 Å². The highest BCUT2D eigenvalue weighted by molar-refractivity contribution is 7.98.